The van der Waals surface area contributed by atoms with Crippen molar-refractivity contribution in [2.45, 2.75) is 38.6 Å². The highest BCUT2D eigenvalue weighted by atomic mass is 32.2. The van der Waals surface area contributed by atoms with Crippen LogP contribution in [0, 0.1) is 0 Å². The molecule has 0 radical (unpaired) electrons. The minimum absolute atomic E-state index is 0.00579. The van der Waals surface area contributed by atoms with Crippen LogP contribution in [0.5, 0.6) is 0 Å². The van der Waals surface area contributed by atoms with E-state index in [-0.39, 0.29) is 5.41 Å². The predicted octanol–water partition coefficient (Wildman–Crippen LogP) is 1.54. The number of carbonyl (C=O) groups is 3. The normalized spacial score (nSPS) is 12.2. The van der Waals surface area contributed by atoms with E-state index in [0.717, 1.165) is 5.56 Å². The maximum atomic E-state index is 12.1. The lowest BCUT2D eigenvalue weighted by Gasteiger charge is -2.19. The Balaban J connectivity index is 2.64. The molecule has 0 saturated heterocycles. The topological polar surface area (TPSA) is 113 Å². The Hall–Kier alpha value is -2.22. The SMILES string of the molecule is CSCC[C@@H](NC(N)=O)C(=O)NNC(=O)c1ccc(C(C)(C)C)cc1. The summed E-state index contributed by atoms with van der Waals surface area (Å²) in [4.78, 5) is 35.2. The smallest absolute Gasteiger partial charge is 0.312 e. The average molecular weight is 366 g/mol. The highest BCUT2D eigenvalue weighted by Gasteiger charge is 2.20. The van der Waals surface area contributed by atoms with E-state index in [9.17, 15) is 14.4 Å². The van der Waals surface area contributed by atoms with Crippen LogP contribution in [-0.2, 0) is 10.2 Å². The van der Waals surface area contributed by atoms with Crippen molar-refractivity contribution >= 4 is 29.6 Å². The van der Waals surface area contributed by atoms with E-state index in [4.69, 9.17) is 5.73 Å². The third kappa shape index (κ3) is 7.04. The first-order chi connectivity index (χ1) is 11.6. The summed E-state index contributed by atoms with van der Waals surface area (Å²) in [6, 6.07) is 5.59. The molecule has 0 aliphatic carbocycles. The van der Waals surface area contributed by atoms with Crippen LogP contribution in [0.1, 0.15) is 43.1 Å². The van der Waals surface area contributed by atoms with Gasteiger partial charge >= 0.3 is 6.03 Å². The van der Waals surface area contributed by atoms with Crippen molar-refractivity contribution in [1.29, 1.82) is 0 Å². The van der Waals surface area contributed by atoms with Crippen LogP contribution in [0.3, 0.4) is 0 Å². The number of thioether (sulfide) groups is 1. The van der Waals surface area contributed by atoms with Crippen molar-refractivity contribution in [3.8, 4) is 0 Å². The molecule has 0 aromatic heterocycles. The number of nitrogens with two attached hydrogens (primary N) is 1. The molecule has 1 atom stereocenters. The second kappa shape index (κ2) is 9.31. The van der Waals surface area contributed by atoms with Crippen molar-refractivity contribution in [2.24, 2.45) is 5.73 Å². The lowest BCUT2D eigenvalue weighted by Crippen LogP contribution is -2.53. The van der Waals surface area contributed by atoms with E-state index >= 15 is 0 Å². The molecule has 0 aliphatic rings. The minimum Gasteiger partial charge on any atom is -0.352 e. The summed E-state index contributed by atoms with van der Waals surface area (Å²) in [5.74, 6) is -0.287. The van der Waals surface area contributed by atoms with Crippen LogP contribution in [0.2, 0.25) is 0 Å². The summed E-state index contributed by atoms with van der Waals surface area (Å²) in [5, 5.41) is 2.36. The summed E-state index contributed by atoms with van der Waals surface area (Å²) < 4.78 is 0. The monoisotopic (exact) mass is 366 g/mol. The largest absolute Gasteiger partial charge is 0.352 e. The van der Waals surface area contributed by atoms with Crippen molar-refractivity contribution in [2.75, 3.05) is 12.0 Å². The van der Waals surface area contributed by atoms with E-state index in [1.54, 1.807) is 12.1 Å². The highest BCUT2D eigenvalue weighted by molar-refractivity contribution is 7.98. The number of benzene rings is 1. The van der Waals surface area contributed by atoms with Crippen LogP contribution >= 0.6 is 11.8 Å². The summed E-state index contributed by atoms with van der Waals surface area (Å²) in [6.07, 6.45) is 2.30. The van der Waals surface area contributed by atoms with Crippen molar-refractivity contribution in [3.63, 3.8) is 0 Å². The van der Waals surface area contributed by atoms with E-state index in [0.29, 0.717) is 17.7 Å². The highest BCUT2D eigenvalue weighted by Crippen LogP contribution is 2.22. The molecule has 25 heavy (non-hydrogen) atoms. The molecule has 0 unspecified atom stereocenters. The maximum Gasteiger partial charge on any atom is 0.312 e. The summed E-state index contributed by atoms with van der Waals surface area (Å²) >= 11 is 1.54. The Bertz CT molecular complexity index is 611. The number of carbonyl (C=O) groups excluding carboxylic acids is 3. The van der Waals surface area contributed by atoms with Crippen molar-refractivity contribution < 1.29 is 14.4 Å². The van der Waals surface area contributed by atoms with Gasteiger partial charge in [0.2, 0.25) is 0 Å². The van der Waals surface area contributed by atoms with E-state index in [1.807, 2.05) is 18.4 Å². The van der Waals surface area contributed by atoms with Gasteiger partial charge in [0.05, 0.1) is 0 Å². The van der Waals surface area contributed by atoms with Gasteiger partial charge in [-0.1, -0.05) is 32.9 Å². The van der Waals surface area contributed by atoms with Gasteiger partial charge in [0, 0.05) is 5.56 Å². The molecule has 1 aromatic rings. The lowest BCUT2D eigenvalue weighted by molar-refractivity contribution is -0.123. The fourth-order valence-corrected chi connectivity index (χ4v) is 2.55. The Labute approximate surface area is 152 Å². The Morgan fingerprint density at radius 3 is 2.20 bits per heavy atom. The number of rotatable bonds is 6. The molecule has 0 fully saturated rings. The molecule has 1 aromatic carbocycles. The van der Waals surface area contributed by atoms with E-state index in [2.05, 4.69) is 36.9 Å². The molecule has 0 bridgehead atoms. The zero-order valence-corrected chi connectivity index (χ0v) is 15.8. The van der Waals surface area contributed by atoms with Gasteiger partial charge in [-0.2, -0.15) is 11.8 Å². The molecule has 0 saturated carbocycles. The van der Waals surface area contributed by atoms with Crippen LogP contribution in [0.4, 0.5) is 4.79 Å². The molecule has 4 amide bonds. The van der Waals surface area contributed by atoms with Gasteiger partial charge in [0.15, 0.2) is 0 Å². The number of hydrazine groups is 1. The first-order valence-electron chi connectivity index (χ1n) is 7.90. The van der Waals surface area contributed by atoms with Crippen molar-refractivity contribution in [3.05, 3.63) is 35.4 Å². The molecule has 138 valence electrons. The number of amides is 4. The van der Waals surface area contributed by atoms with Crippen molar-refractivity contribution in [1.82, 2.24) is 16.2 Å². The average Bonchev–Trinajstić information content (AvgIpc) is 2.55. The molecule has 0 spiro atoms. The zero-order valence-electron chi connectivity index (χ0n) is 15.0. The van der Waals surface area contributed by atoms with Gasteiger partial charge in [0.25, 0.3) is 11.8 Å². The van der Waals surface area contributed by atoms with Crippen LogP contribution in [0.25, 0.3) is 0 Å². The van der Waals surface area contributed by atoms with Gasteiger partial charge in [0.1, 0.15) is 6.04 Å². The second-order valence-electron chi connectivity index (χ2n) is 6.61. The molecule has 8 heteroatoms. The van der Waals surface area contributed by atoms with E-state index < -0.39 is 23.9 Å². The molecule has 7 nitrogen and oxygen atoms in total. The van der Waals surface area contributed by atoms with Crippen LogP contribution in [-0.4, -0.2) is 35.9 Å². The van der Waals surface area contributed by atoms with Gasteiger partial charge in [-0.3, -0.25) is 20.4 Å². The molecule has 1 rings (SSSR count). The second-order valence-corrected chi connectivity index (χ2v) is 7.60. The third-order valence-corrected chi connectivity index (χ3v) is 4.20. The lowest BCUT2D eigenvalue weighted by atomic mass is 9.87. The predicted molar refractivity (Wildman–Crippen MR) is 100 cm³/mol. The van der Waals surface area contributed by atoms with Crippen LogP contribution in [0.15, 0.2) is 24.3 Å². The molecule has 0 heterocycles. The molecule has 5 N–H and O–H groups in total. The Kier molecular flexibility index (Phi) is 7.76. The molecular formula is C17H26N4O3S. The number of urea groups is 1. The van der Waals surface area contributed by atoms with Gasteiger partial charge < -0.3 is 11.1 Å². The number of hydrogen-bond acceptors (Lipinski definition) is 4. The fourth-order valence-electron chi connectivity index (χ4n) is 2.08. The fraction of sp³-hybridized carbons (Fsp3) is 0.471. The number of nitrogens with one attached hydrogen (secondary N) is 3. The third-order valence-electron chi connectivity index (χ3n) is 3.56. The van der Waals surface area contributed by atoms with Gasteiger partial charge in [-0.15, -0.1) is 0 Å². The zero-order chi connectivity index (χ0) is 19.0. The van der Waals surface area contributed by atoms with Crippen LogP contribution < -0.4 is 21.9 Å². The first-order valence-corrected chi connectivity index (χ1v) is 9.30. The number of primary amides is 1. The van der Waals surface area contributed by atoms with E-state index in [1.165, 1.54) is 11.8 Å². The Morgan fingerprint density at radius 1 is 1.12 bits per heavy atom. The van der Waals surface area contributed by atoms with Gasteiger partial charge in [-0.25, -0.2) is 4.79 Å². The first kappa shape index (κ1) is 20.8. The Morgan fingerprint density at radius 2 is 1.72 bits per heavy atom. The summed E-state index contributed by atoms with van der Waals surface area (Å²) in [7, 11) is 0. The molecular weight excluding hydrogens is 340 g/mol. The van der Waals surface area contributed by atoms with Gasteiger partial charge in [-0.05, 0) is 41.5 Å². The minimum atomic E-state index is -0.798. The molecule has 0 aliphatic heterocycles. The standard InChI is InChI=1S/C17H26N4O3S/c1-17(2,3)12-7-5-11(6-8-12)14(22)20-21-15(23)13(9-10-25-4)19-16(18)24/h5-8,13H,9-10H2,1-4H3,(H,20,22)(H,21,23)(H3,18,19,24)/t13-/m1/s1. The summed E-state index contributed by atoms with van der Waals surface area (Å²) in [5.41, 5.74) is 11.3. The quantitative estimate of drug-likeness (QED) is 0.572. The maximum absolute atomic E-state index is 12.1. The number of hydrogen-bond donors (Lipinski definition) is 4. The summed E-state index contributed by atoms with van der Waals surface area (Å²) in [6.45, 7) is 6.26.